The summed E-state index contributed by atoms with van der Waals surface area (Å²) in [7, 11) is 3.17. The third-order valence-electron chi connectivity index (χ3n) is 4.85. The number of aromatic nitrogens is 1. The van der Waals surface area contributed by atoms with Crippen LogP contribution in [0.3, 0.4) is 0 Å². The molecule has 0 saturated heterocycles. The number of hydrogen-bond acceptors (Lipinski definition) is 4. The maximum Gasteiger partial charge on any atom is 0.254 e. The van der Waals surface area contributed by atoms with E-state index < -0.39 is 5.54 Å². The molecule has 0 unspecified atom stereocenters. The van der Waals surface area contributed by atoms with Gasteiger partial charge in [-0.3, -0.25) is 9.59 Å². The summed E-state index contributed by atoms with van der Waals surface area (Å²) in [6.07, 6.45) is 0. The Balaban J connectivity index is 1.97. The van der Waals surface area contributed by atoms with Crippen LogP contribution < -0.4 is 15.0 Å². The standard InChI is InChI=1S/C23H26N2O4/c1-23(2,3)25(22(27)15-6-9-18(28-4)10-7-15)14-17-12-16-8-11-19(29-5)13-20(16)24-21(17)26/h6-13H,14H2,1-5H3,(H,24,26). The van der Waals surface area contributed by atoms with Crippen molar-refractivity contribution in [3.63, 3.8) is 0 Å². The van der Waals surface area contributed by atoms with Crippen LogP contribution >= 0.6 is 0 Å². The van der Waals surface area contributed by atoms with Gasteiger partial charge >= 0.3 is 0 Å². The van der Waals surface area contributed by atoms with E-state index in [-0.39, 0.29) is 18.0 Å². The van der Waals surface area contributed by atoms with Gasteiger partial charge in [0.05, 0.1) is 26.3 Å². The number of ether oxygens (including phenoxy) is 2. The monoisotopic (exact) mass is 394 g/mol. The number of H-pyrrole nitrogens is 1. The number of fused-ring (bicyclic) bond motifs is 1. The zero-order valence-electron chi connectivity index (χ0n) is 17.4. The molecule has 0 fully saturated rings. The minimum absolute atomic E-state index is 0.144. The molecule has 6 heteroatoms. The van der Waals surface area contributed by atoms with Crippen molar-refractivity contribution in [2.24, 2.45) is 0 Å². The second kappa shape index (κ2) is 7.99. The molecule has 3 aromatic rings. The van der Waals surface area contributed by atoms with E-state index in [9.17, 15) is 9.59 Å². The predicted molar refractivity (Wildman–Crippen MR) is 114 cm³/mol. The molecule has 29 heavy (non-hydrogen) atoms. The fourth-order valence-corrected chi connectivity index (χ4v) is 3.14. The van der Waals surface area contributed by atoms with Gasteiger partial charge in [-0.15, -0.1) is 0 Å². The van der Waals surface area contributed by atoms with E-state index in [1.54, 1.807) is 49.5 Å². The van der Waals surface area contributed by atoms with Crippen molar-refractivity contribution in [3.8, 4) is 11.5 Å². The van der Waals surface area contributed by atoms with Gasteiger partial charge in [0.15, 0.2) is 0 Å². The van der Waals surface area contributed by atoms with E-state index in [0.717, 1.165) is 5.39 Å². The summed E-state index contributed by atoms with van der Waals surface area (Å²) in [6, 6.07) is 14.3. The molecule has 0 saturated carbocycles. The van der Waals surface area contributed by atoms with Crippen molar-refractivity contribution >= 4 is 16.8 Å². The highest BCUT2D eigenvalue weighted by Crippen LogP contribution is 2.23. The van der Waals surface area contributed by atoms with Crippen molar-refractivity contribution in [3.05, 3.63) is 70.0 Å². The zero-order chi connectivity index (χ0) is 21.2. The molecule has 2 aromatic carbocycles. The Morgan fingerprint density at radius 3 is 2.17 bits per heavy atom. The zero-order valence-corrected chi connectivity index (χ0v) is 17.4. The van der Waals surface area contributed by atoms with Crippen LogP contribution in [0.2, 0.25) is 0 Å². The van der Waals surface area contributed by atoms with Gasteiger partial charge in [0.2, 0.25) is 0 Å². The Hall–Kier alpha value is -3.28. The van der Waals surface area contributed by atoms with E-state index in [1.807, 2.05) is 39.0 Å². The largest absolute Gasteiger partial charge is 0.497 e. The van der Waals surface area contributed by atoms with Crippen molar-refractivity contribution in [2.45, 2.75) is 32.9 Å². The van der Waals surface area contributed by atoms with Crippen molar-refractivity contribution in [1.82, 2.24) is 9.88 Å². The third-order valence-corrected chi connectivity index (χ3v) is 4.85. The number of carbonyl (C=O) groups is 1. The topological polar surface area (TPSA) is 71.6 Å². The van der Waals surface area contributed by atoms with E-state index in [4.69, 9.17) is 9.47 Å². The summed E-state index contributed by atoms with van der Waals surface area (Å²) in [5, 5.41) is 0.881. The molecule has 3 rings (SSSR count). The molecular formula is C23H26N2O4. The fourth-order valence-electron chi connectivity index (χ4n) is 3.14. The van der Waals surface area contributed by atoms with E-state index in [1.165, 1.54) is 0 Å². The number of aromatic amines is 1. The average Bonchev–Trinajstić information content (AvgIpc) is 2.70. The van der Waals surface area contributed by atoms with Crippen LogP contribution in [0.25, 0.3) is 10.9 Å². The minimum atomic E-state index is -0.474. The van der Waals surface area contributed by atoms with Gasteiger partial charge in [-0.05, 0) is 68.6 Å². The Morgan fingerprint density at radius 2 is 1.59 bits per heavy atom. The Morgan fingerprint density at radius 1 is 0.966 bits per heavy atom. The lowest BCUT2D eigenvalue weighted by molar-refractivity contribution is 0.0558. The van der Waals surface area contributed by atoms with Crippen LogP contribution in [0.1, 0.15) is 36.7 Å². The SMILES string of the molecule is COc1ccc(C(=O)N(Cc2cc3ccc(OC)cc3[nH]c2=O)C(C)(C)C)cc1. The van der Waals surface area contributed by atoms with Crippen LogP contribution in [0.4, 0.5) is 0 Å². The molecule has 0 aliphatic rings. The van der Waals surface area contributed by atoms with Gasteiger partial charge in [-0.2, -0.15) is 0 Å². The van der Waals surface area contributed by atoms with Crippen LogP contribution in [0, 0.1) is 0 Å². The van der Waals surface area contributed by atoms with Crippen LogP contribution in [0.15, 0.2) is 53.3 Å². The lowest BCUT2D eigenvalue weighted by atomic mass is 10.0. The maximum atomic E-state index is 13.2. The lowest BCUT2D eigenvalue weighted by Gasteiger charge is -2.35. The molecule has 0 bridgehead atoms. The number of carbonyl (C=O) groups excluding carboxylic acids is 1. The molecule has 0 aliphatic carbocycles. The van der Waals surface area contributed by atoms with E-state index >= 15 is 0 Å². The average molecular weight is 394 g/mol. The quantitative estimate of drug-likeness (QED) is 0.710. The molecule has 1 heterocycles. The smallest absolute Gasteiger partial charge is 0.254 e. The minimum Gasteiger partial charge on any atom is -0.497 e. The molecule has 1 aromatic heterocycles. The molecule has 0 spiro atoms. The highest BCUT2D eigenvalue weighted by molar-refractivity contribution is 5.94. The number of benzene rings is 2. The lowest BCUT2D eigenvalue weighted by Crippen LogP contribution is -2.46. The van der Waals surface area contributed by atoms with Crippen LogP contribution in [0.5, 0.6) is 11.5 Å². The summed E-state index contributed by atoms with van der Waals surface area (Å²) >= 11 is 0. The van der Waals surface area contributed by atoms with Gasteiger partial charge in [0.25, 0.3) is 11.5 Å². The summed E-state index contributed by atoms with van der Waals surface area (Å²) < 4.78 is 10.4. The Labute approximate surface area is 170 Å². The third kappa shape index (κ3) is 4.42. The fraction of sp³-hybridized carbons (Fsp3) is 0.304. The highest BCUT2D eigenvalue weighted by atomic mass is 16.5. The number of pyridine rings is 1. The molecule has 6 nitrogen and oxygen atoms in total. The molecule has 1 amide bonds. The van der Waals surface area contributed by atoms with Gasteiger partial charge in [0.1, 0.15) is 11.5 Å². The maximum absolute atomic E-state index is 13.2. The molecule has 0 radical (unpaired) electrons. The summed E-state index contributed by atoms with van der Waals surface area (Å²) in [4.78, 5) is 30.5. The summed E-state index contributed by atoms with van der Waals surface area (Å²) in [5.74, 6) is 1.21. The van der Waals surface area contributed by atoms with Gasteiger partial charge < -0.3 is 19.4 Å². The van der Waals surface area contributed by atoms with E-state index in [2.05, 4.69) is 4.98 Å². The number of nitrogens with one attached hydrogen (secondary N) is 1. The van der Waals surface area contributed by atoms with Gasteiger partial charge in [0, 0.05) is 22.7 Å². The molecule has 1 N–H and O–H groups in total. The van der Waals surface area contributed by atoms with Crippen molar-refractivity contribution < 1.29 is 14.3 Å². The first-order valence-corrected chi connectivity index (χ1v) is 9.39. The Kier molecular flexibility index (Phi) is 5.64. The molecule has 0 atom stereocenters. The first-order valence-electron chi connectivity index (χ1n) is 9.39. The van der Waals surface area contributed by atoms with Gasteiger partial charge in [-0.25, -0.2) is 0 Å². The van der Waals surface area contributed by atoms with Gasteiger partial charge in [-0.1, -0.05) is 0 Å². The summed E-state index contributed by atoms with van der Waals surface area (Å²) in [6.45, 7) is 6.06. The molecule has 152 valence electrons. The number of hydrogen-bond donors (Lipinski definition) is 1. The Bertz CT molecular complexity index is 1080. The predicted octanol–water partition coefficient (Wildman–Crippen LogP) is 3.99. The first-order chi connectivity index (χ1) is 13.7. The molecular weight excluding hydrogens is 368 g/mol. The molecule has 0 aliphatic heterocycles. The van der Waals surface area contributed by atoms with Crippen molar-refractivity contribution in [2.75, 3.05) is 14.2 Å². The number of methoxy groups -OCH3 is 2. The first kappa shape index (κ1) is 20.5. The second-order valence-electron chi connectivity index (χ2n) is 7.87. The van der Waals surface area contributed by atoms with Crippen molar-refractivity contribution in [1.29, 1.82) is 0 Å². The second-order valence-corrected chi connectivity index (χ2v) is 7.87. The van der Waals surface area contributed by atoms with Crippen LogP contribution in [-0.2, 0) is 6.54 Å². The van der Waals surface area contributed by atoms with Crippen LogP contribution in [-0.4, -0.2) is 35.5 Å². The van der Waals surface area contributed by atoms with E-state index in [0.29, 0.717) is 28.1 Å². The number of nitrogens with zero attached hydrogens (tertiary/aromatic N) is 1. The summed E-state index contributed by atoms with van der Waals surface area (Å²) in [5.41, 5.74) is 1.07. The highest BCUT2D eigenvalue weighted by Gasteiger charge is 2.28. The number of amides is 1. The normalized spacial score (nSPS) is 11.3. The number of rotatable bonds is 5.